The predicted molar refractivity (Wildman–Crippen MR) is 76.7 cm³/mol. The van der Waals surface area contributed by atoms with E-state index in [-0.39, 0.29) is 11.2 Å². The van der Waals surface area contributed by atoms with Gasteiger partial charge in [0, 0.05) is 18.5 Å². The van der Waals surface area contributed by atoms with E-state index in [1.165, 1.54) is 0 Å². The number of aromatic nitrogens is 2. The molecule has 1 N–H and O–H groups in total. The fraction of sp³-hybridized carbons (Fsp3) is 0.714. The Kier molecular flexibility index (Phi) is 4.63. The molecule has 0 aromatic carbocycles. The molecule has 5 heteroatoms. The number of carbonyl (C=O) groups excluding carboxylic acids is 1. The van der Waals surface area contributed by atoms with Crippen LogP contribution in [0.3, 0.4) is 0 Å². The average Bonchev–Trinajstić information content (AvgIpc) is 2.98. The Morgan fingerprint density at radius 1 is 1.53 bits per heavy atom. The highest BCUT2D eigenvalue weighted by atomic mass is 35.5. The summed E-state index contributed by atoms with van der Waals surface area (Å²) >= 11 is 6.19. The third-order valence-corrected chi connectivity index (χ3v) is 4.18. The van der Waals surface area contributed by atoms with Crippen molar-refractivity contribution in [1.82, 2.24) is 15.1 Å². The van der Waals surface area contributed by atoms with E-state index in [4.69, 9.17) is 11.6 Å². The minimum absolute atomic E-state index is 0.162. The second-order valence-corrected chi connectivity index (χ2v) is 5.76. The molecule has 0 amide bonds. The van der Waals surface area contributed by atoms with Gasteiger partial charge in [0.25, 0.3) is 0 Å². The van der Waals surface area contributed by atoms with E-state index in [1.807, 2.05) is 0 Å². The SMILES string of the molecule is CCCn1ncc(Cl)c1C(=O)C1(CCC)CCNC1. The van der Waals surface area contributed by atoms with Gasteiger partial charge in [-0.25, -0.2) is 0 Å². The summed E-state index contributed by atoms with van der Waals surface area (Å²) in [6, 6.07) is 0. The van der Waals surface area contributed by atoms with Crippen molar-refractivity contribution in [3.63, 3.8) is 0 Å². The first-order valence-electron chi connectivity index (χ1n) is 7.11. The van der Waals surface area contributed by atoms with Gasteiger partial charge in [0.15, 0.2) is 5.78 Å². The molecule has 2 heterocycles. The van der Waals surface area contributed by atoms with Crippen molar-refractivity contribution in [3.05, 3.63) is 16.9 Å². The Morgan fingerprint density at radius 3 is 2.89 bits per heavy atom. The first-order chi connectivity index (χ1) is 9.14. The zero-order chi connectivity index (χ0) is 13.9. The monoisotopic (exact) mass is 283 g/mol. The number of nitrogens with zero attached hydrogens (tertiary/aromatic N) is 2. The molecule has 1 fully saturated rings. The van der Waals surface area contributed by atoms with Crippen LogP contribution in [0.2, 0.25) is 5.02 Å². The van der Waals surface area contributed by atoms with Crippen molar-refractivity contribution in [2.75, 3.05) is 13.1 Å². The molecule has 1 aliphatic rings. The predicted octanol–water partition coefficient (Wildman–Crippen LogP) is 2.91. The molecule has 19 heavy (non-hydrogen) atoms. The molecule has 1 aromatic heterocycles. The van der Waals surface area contributed by atoms with E-state index < -0.39 is 0 Å². The normalized spacial score (nSPS) is 22.9. The van der Waals surface area contributed by atoms with Crippen molar-refractivity contribution in [2.45, 2.75) is 46.1 Å². The molecule has 0 aliphatic carbocycles. The molecule has 1 atom stereocenters. The lowest BCUT2D eigenvalue weighted by molar-refractivity contribution is 0.0789. The van der Waals surface area contributed by atoms with Crippen LogP contribution in [0.1, 0.15) is 50.0 Å². The standard InChI is InChI=1S/C14H22ClN3O/c1-3-5-14(6-7-16-10-14)13(19)12-11(15)9-17-18(12)8-4-2/h9,16H,3-8,10H2,1-2H3. The number of hydrogen-bond donors (Lipinski definition) is 1. The van der Waals surface area contributed by atoms with Crippen LogP contribution in [0.15, 0.2) is 6.20 Å². The maximum Gasteiger partial charge on any atom is 0.189 e. The average molecular weight is 284 g/mol. The Morgan fingerprint density at radius 2 is 2.32 bits per heavy atom. The molecule has 1 unspecified atom stereocenters. The van der Waals surface area contributed by atoms with Crippen LogP contribution < -0.4 is 5.32 Å². The maximum atomic E-state index is 13.0. The van der Waals surface area contributed by atoms with E-state index in [0.29, 0.717) is 10.7 Å². The molecule has 0 saturated carbocycles. The summed E-state index contributed by atoms with van der Waals surface area (Å²) in [7, 11) is 0. The molecule has 1 aromatic rings. The van der Waals surface area contributed by atoms with Gasteiger partial charge in [-0.2, -0.15) is 5.10 Å². The van der Waals surface area contributed by atoms with E-state index in [0.717, 1.165) is 45.3 Å². The van der Waals surface area contributed by atoms with Crippen LogP contribution in [0.4, 0.5) is 0 Å². The summed E-state index contributed by atoms with van der Waals surface area (Å²) in [5, 5.41) is 8.04. The van der Waals surface area contributed by atoms with Crippen LogP contribution in [0.5, 0.6) is 0 Å². The Bertz CT molecular complexity index is 450. The lowest BCUT2D eigenvalue weighted by Gasteiger charge is -2.26. The molecule has 0 radical (unpaired) electrons. The molecule has 1 aliphatic heterocycles. The van der Waals surface area contributed by atoms with Crippen LogP contribution in [-0.2, 0) is 6.54 Å². The number of aryl methyl sites for hydroxylation is 1. The molecular weight excluding hydrogens is 262 g/mol. The molecular formula is C14H22ClN3O. The van der Waals surface area contributed by atoms with Crippen LogP contribution in [-0.4, -0.2) is 28.7 Å². The minimum Gasteiger partial charge on any atom is -0.316 e. The third kappa shape index (κ3) is 2.70. The molecule has 4 nitrogen and oxygen atoms in total. The second kappa shape index (κ2) is 6.06. The quantitative estimate of drug-likeness (QED) is 0.817. The summed E-state index contributed by atoms with van der Waals surface area (Å²) in [5.74, 6) is 0.162. The van der Waals surface area contributed by atoms with E-state index >= 15 is 0 Å². The zero-order valence-corrected chi connectivity index (χ0v) is 12.5. The molecule has 0 spiro atoms. The van der Waals surface area contributed by atoms with E-state index in [9.17, 15) is 4.79 Å². The third-order valence-electron chi connectivity index (χ3n) is 3.90. The number of rotatable bonds is 6. The Labute approximate surface area is 119 Å². The van der Waals surface area contributed by atoms with Gasteiger partial charge in [-0.1, -0.05) is 31.9 Å². The summed E-state index contributed by atoms with van der Waals surface area (Å²) in [4.78, 5) is 13.0. The van der Waals surface area contributed by atoms with E-state index in [2.05, 4.69) is 24.3 Å². The van der Waals surface area contributed by atoms with E-state index in [1.54, 1.807) is 10.9 Å². The number of carbonyl (C=O) groups is 1. The van der Waals surface area contributed by atoms with Crippen molar-refractivity contribution >= 4 is 17.4 Å². The fourth-order valence-corrected chi connectivity index (χ4v) is 3.19. The Balaban J connectivity index is 2.34. The summed E-state index contributed by atoms with van der Waals surface area (Å²) in [6.45, 7) is 6.60. The second-order valence-electron chi connectivity index (χ2n) is 5.35. The Hall–Kier alpha value is -0.870. The van der Waals surface area contributed by atoms with Gasteiger partial charge in [-0.3, -0.25) is 9.48 Å². The van der Waals surface area contributed by atoms with Crippen LogP contribution >= 0.6 is 11.6 Å². The lowest BCUT2D eigenvalue weighted by atomic mass is 9.77. The topological polar surface area (TPSA) is 46.9 Å². The first kappa shape index (κ1) is 14.5. The number of Topliss-reactive ketones (excluding diaryl/α,β-unsaturated/α-hetero) is 1. The first-order valence-corrected chi connectivity index (χ1v) is 7.49. The number of ketones is 1. The van der Waals surface area contributed by atoms with Gasteiger partial charge in [-0.05, 0) is 25.8 Å². The maximum absolute atomic E-state index is 13.0. The van der Waals surface area contributed by atoms with Gasteiger partial charge >= 0.3 is 0 Å². The van der Waals surface area contributed by atoms with Crippen molar-refractivity contribution in [1.29, 1.82) is 0 Å². The number of halogens is 1. The van der Waals surface area contributed by atoms with Gasteiger partial charge < -0.3 is 5.32 Å². The summed E-state index contributed by atoms with van der Waals surface area (Å²) < 4.78 is 1.76. The van der Waals surface area contributed by atoms with Crippen molar-refractivity contribution in [3.8, 4) is 0 Å². The zero-order valence-electron chi connectivity index (χ0n) is 11.7. The fourth-order valence-electron chi connectivity index (χ4n) is 2.96. The number of hydrogen-bond acceptors (Lipinski definition) is 3. The van der Waals surface area contributed by atoms with Crippen LogP contribution in [0, 0.1) is 5.41 Å². The molecule has 2 rings (SSSR count). The van der Waals surface area contributed by atoms with Gasteiger partial charge in [-0.15, -0.1) is 0 Å². The highest BCUT2D eigenvalue weighted by molar-refractivity contribution is 6.33. The minimum atomic E-state index is -0.288. The highest BCUT2D eigenvalue weighted by Gasteiger charge is 2.42. The largest absolute Gasteiger partial charge is 0.316 e. The van der Waals surface area contributed by atoms with Crippen molar-refractivity contribution in [2.24, 2.45) is 5.41 Å². The van der Waals surface area contributed by atoms with Crippen LogP contribution in [0.25, 0.3) is 0 Å². The number of nitrogens with one attached hydrogen (secondary N) is 1. The lowest BCUT2D eigenvalue weighted by Crippen LogP contribution is -2.35. The van der Waals surface area contributed by atoms with Crippen molar-refractivity contribution < 1.29 is 4.79 Å². The molecule has 0 bridgehead atoms. The van der Waals surface area contributed by atoms with Gasteiger partial charge in [0.1, 0.15) is 5.69 Å². The smallest absolute Gasteiger partial charge is 0.189 e. The molecule has 1 saturated heterocycles. The summed E-state index contributed by atoms with van der Waals surface area (Å²) in [6.07, 6.45) is 5.34. The van der Waals surface area contributed by atoms with Gasteiger partial charge in [0.05, 0.1) is 11.2 Å². The van der Waals surface area contributed by atoms with Gasteiger partial charge in [0.2, 0.25) is 0 Å². The summed E-state index contributed by atoms with van der Waals surface area (Å²) in [5.41, 5.74) is 0.310. The highest BCUT2D eigenvalue weighted by Crippen LogP contribution is 2.36. The molecule has 106 valence electrons.